The summed E-state index contributed by atoms with van der Waals surface area (Å²) in [6, 6.07) is 0. The molecule has 1 aromatic rings. The Morgan fingerprint density at radius 2 is 2.00 bits per heavy atom. The molecule has 92 valence electrons. The van der Waals surface area contributed by atoms with Gasteiger partial charge in [0, 0.05) is 12.2 Å². The predicted molar refractivity (Wildman–Crippen MR) is 68.8 cm³/mol. The van der Waals surface area contributed by atoms with Crippen molar-refractivity contribution in [3.8, 4) is 0 Å². The van der Waals surface area contributed by atoms with Gasteiger partial charge in [-0.25, -0.2) is 0 Å². The van der Waals surface area contributed by atoms with Crippen molar-refractivity contribution in [2.24, 2.45) is 5.92 Å². The minimum atomic E-state index is 0.740. The van der Waals surface area contributed by atoms with Crippen LogP contribution in [0.1, 0.15) is 37.2 Å². The number of likely N-dealkylation sites (N-methyl/N-ethyl adjacent to an activating group) is 1. The summed E-state index contributed by atoms with van der Waals surface area (Å²) in [7, 11) is 1.99. The SMILES string of the molecule is CNCCc1c(C)nn(CCC(C)C)c1C. The van der Waals surface area contributed by atoms with Crippen molar-refractivity contribution >= 4 is 0 Å². The number of nitrogens with one attached hydrogen (secondary N) is 1. The Morgan fingerprint density at radius 1 is 1.31 bits per heavy atom. The zero-order valence-corrected chi connectivity index (χ0v) is 11.3. The van der Waals surface area contributed by atoms with E-state index in [-0.39, 0.29) is 0 Å². The molecule has 0 bridgehead atoms. The second-order valence-corrected chi connectivity index (χ2v) is 4.91. The predicted octanol–water partition coefficient (Wildman–Crippen LogP) is 2.31. The fraction of sp³-hybridized carbons (Fsp3) is 0.769. The molecular formula is C13H25N3. The zero-order chi connectivity index (χ0) is 12.1. The average molecular weight is 223 g/mol. The van der Waals surface area contributed by atoms with E-state index in [9.17, 15) is 0 Å². The van der Waals surface area contributed by atoms with E-state index in [2.05, 4.69) is 42.8 Å². The summed E-state index contributed by atoms with van der Waals surface area (Å²) in [6.45, 7) is 10.9. The van der Waals surface area contributed by atoms with Crippen LogP contribution < -0.4 is 5.32 Å². The molecule has 0 aromatic carbocycles. The standard InChI is InChI=1S/C13H25N3/c1-10(2)7-9-16-12(4)13(6-8-14-5)11(3)15-16/h10,14H,6-9H2,1-5H3. The van der Waals surface area contributed by atoms with E-state index in [0.717, 1.165) is 25.4 Å². The minimum Gasteiger partial charge on any atom is -0.319 e. The van der Waals surface area contributed by atoms with Crippen molar-refractivity contribution in [2.45, 2.75) is 47.1 Å². The van der Waals surface area contributed by atoms with Crippen LogP contribution in [0.2, 0.25) is 0 Å². The van der Waals surface area contributed by atoms with Gasteiger partial charge in [0.1, 0.15) is 0 Å². The summed E-state index contributed by atoms with van der Waals surface area (Å²) in [4.78, 5) is 0. The van der Waals surface area contributed by atoms with E-state index < -0.39 is 0 Å². The summed E-state index contributed by atoms with van der Waals surface area (Å²) in [6.07, 6.45) is 2.28. The Balaban J connectivity index is 2.72. The highest BCUT2D eigenvalue weighted by molar-refractivity contribution is 5.24. The monoisotopic (exact) mass is 223 g/mol. The first kappa shape index (κ1) is 13.2. The second-order valence-electron chi connectivity index (χ2n) is 4.91. The molecule has 0 radical (unpaired) electrons. The normalized spacial score (nSPS) is 11.4. The molecular weight excluding hydrogens is 198 g/mol. The fourth-order valence-electron chi connectivity index (χ4n) is 1.94. The molecule has 0 fully saturated rings. The van der Waals surface area contributed by atoms with Gasteiger partial charge in [0.15, 0.2) is 0 Å². The van der Waals surface area contributed by atoms with Gasteiger partial charge >= 0.3 is 0 Å². The van der Waals surface area contributed by atoms with Crippen LogP contribution >= 0.6 is 0 Å². The van der Waals surface area contributed by atoms with Crippen LogP contribution in [0, 0.1) is 19.8 Å². The molecule has 1 heterocycles. The third-order valence-electron chi connectivity index (χ3n) is 3.07. The van der Waals surface area contributed by atoms with Crippen molar-refractivity contribution in [2.75, 3.05) is 13.6 Å². The van der Waals surface area contributed by atoms with E-state index in [1.165, 1.54) is 23.4 Å². The van der Waals surface area contributed by atoms with E-state index in [0.29, 0.717) is 0 Å². The molecule has 16 heavy (non-hydrogen) atoms. The van der Waals surface area contributed by atoms with Crippen molar-refractivity contribution in [1.29, 1.82) is 0 Å². The number of aryl methyl sites for hydroxylation is 2. The van der Waals surface area contributed by atoms with Gasteiger partial charge in [-0.2, -0.15) is 5.10 Å². The van der Waals surface area contributed by atoms with Gasteiger partial charge < -0.3 is 5.32 Å². The Kier molecular flexibility index (Phi) is 5.00. The lowest BCUT2D eigenvalue weighted by atomic mass is 10.1. The molecule has 1 rings (SSSR count). The van der Waals surface area contributed by atoms with Crippen molar-refractivity contribution < 1.29 is 0 Å². The van der Waals surface area contributed by atoms with Gasteiger partial charge in [0.05, 0.1) is 5.69 Å². The lowest BCUT2D eigenvalue weighted by Gasteiger charge is -2.07. The molecule has 1 N–H and O–H groups in total. The molecule has 0 saturated heterocycles. The Morgan fingerprint density at radius 3 is 2.56 bits per heavy atom. The van der Waals surface area contributed by atoms with E-state index in [4.69, 9.17) is 0 Å². The topological polar surface area (TPSA) is 29.9 Å². The van der Waals surface area contributed by atoms with Crippen LogP contribution in [-0.4, -0.2) is 23.4 Å². The Labute approximate surface area is 99.2 Å². The number of hydrogen-bond donors (Lipinski definition) is 1. The molecule has 3 nitrogen and oxygen atoms in total. The highest BCUT2D eigenvalue weighted by atomic mass is 15.3. The van der Waals surface area contributed by atoms with E-state index in [1.54, 1.807) is 0 Å². The second kappa shape index (κ2) is 6.04. The van der Waals surface area contributed by atoms with Crippen molar-refractivity contribution in [1.82, 2.24) is 15.1 Å². The quantitative estimate of drug-likeness (QED) is 0.802. The average Bonchev–Trinajstić information content (AvgIpc) is 2.49. The van der Waals surface area contributed by atoms with Crippen LogP contribution in [0.15, 0.2) is 0 Å². The summed E-state index contributed by atoms with van der Waals surface area (Å²) < 4.78 is 2.17. The minimum absolute atomic E-state index is 0.740. The van der Waals surface area contributed by atoms with Crippen LogP contribution in [0.5, 0.6) is 0 Å². The van der Waals surface area contributed by atoms with Crippen LogP contribution in [-0.2, 0) is 13.0 Å². The third kappa shape index (κ3) is 3.34. The highest BCUT2D eigenvalue weighted by Crippen LogP contribution is 2.14. The van der Waals surface area contributed by atoms with Crippen LogP contribution in [0.25, 0.3) is 0 Å². The van der Waals surface area contributed by atoms with Gasteiger partial charge in [-0.3, -0.25) is 4.68 Å². The zero-order valence-electron chi connectivity index (χ0n) is 11.3. The van der Waals surface area contributed by atoms with Crippen molar-refractivity contribution in [3.63, 3.8) is 0 Å². The first-order valence-corrected chi connectivity index (χ1v) is 6.23. The maximum absolute atomic E-state index is 4.62. The maximum Gasteiger partial charge on any atom is 0.0628 e. The summed E-state index contributed by atoms with van der Waals surface area (Å²) >= 11 is 0. The molecule has 0 unspecified atom stereocenters. The lowest BCUT2D eigenvalue weighted by Crippen LogP contribution is -2.11. The number of aromatic nitrogens is 2. The molecule has 0 aliphatic heterocycles. The summed E-state index contributed by atoms with van der Waals surface area (Å²) in [5, 5.41) is 7.82. The summed E-state index contributed by atoms with van der Waals surface area (Å²) in [5.41, 5.74) is 3.95. The van der Waals surface area contributed by atoms with Crippen molar-refractivity contribution in [3.05, 3.63) is 17.0 Å². The molecule has 1 aromatic heterocycles. The number of nitrogens with zero attached hydrogens (tertiary/aromatic N) is 2. The third-order valence-corrected chi connectivity index (χ3v) is 3.07. The van der Waals surface area contributed by atoms with Gasteiger partial charge in [0.25, 0.3) is 0 Å². The maximum atomic E-state index is 4.62. The van der Waals surface area contributed by atoms with Gasteiger partial charge in [0.2, 0.25) is 0 Å². The van der Waals surface area contributed by atoms with Gasteiger partial charge in [-0.05, 0) is 51.8 Å². The van der Waals surface area contributed by atoms with E-state index >= 15 is 0 Å². The number of rotatable bonds is 6. The molecule has 0 atom stereocenters. The smallest absolute Gasteiger partial charge is 0.0628 e. The van der Waals surface area contributed by atoms with Crippen LogP contribution in [0.4, 0.5) is 0 Å². The van der Waals surface area contributed by atoms with Gasteiger partial charge in [-0.15, -0.1) is 0 Å². The molecule has 0 spiro atoms. The lowest BCUT2D eigenvalue weighted by molar-refractivity contribution is 0.478. The highest BCUT2D eigenvalue weighted by Gasteiger charge is 2.10. The molecule has 0 aliphatic carbocycles. The summed E-state index contributed by atoms with van der Waals surface area (Å²) in [5.74, 6) is 0.740. The molecule has 3 heteroatoms. The Bertz CT molecular complexity index is 326. The molecule has 0 saturated carbocycles. The Hall–Kier alpha value is -0.830. The fourth-order valence-corrected chi connectivity index (χ4v) is 1.94. The largest absolute Gasteiger partial charge is 0.319 e. The van der Waals surface area contributed by atoms with E-state index in [1.807, 2.05) is 7.05 Å². The molecule has 0 aliphatic rings. The number of hydrogen-bond acceptors (Lipinski definition) is 2. The first-order chi connectivity index (χ1) is 7.56. The molecule has 0 amide bonds. The van der Waals surface area contributed by atoms with Gasteiger partial charge in [-0.1, -0.05) is 13.8 Å². The van der Waals surface area contributed by atoms with Crippen LogP contribution in [0.3, 0.4) is 0 Å². The first-order valence-electron chi connectivity index (χ1n) is 6.23.